The van der Waals surface area contributed by atoms with Crippen molar-refractivity contribution < 1.29 is 23.8 Å². The number of carbonyl (C=O) groups is 2. The van der Waals surface area contributed by atoms with Crippen molar-refractivity contribution in [2.45, 2.75) is 38.3 Å². The monoisotopic (exact) mass is 290 g/mol. The van der Waals surface area contributed by atoms with Crippen molar-refractivity contribution in [3.63, 3.8) is 0 Å². The van der Waals surface area contributed by atoms with Gasteiger partial charge in [-0.05, 0) is 12.0 Å². The molecule has 0 aromatic heterocycles. The number of hydrogen-bond acceptors (Lipinski definition) is 5. The van der Waals surface area contributed by atoms with Crippen LogP contribution in [0.15, 0.2) is 36.5 Å². The van der Waals surface area contributed by atoms with Crippen molar-refractivity contribution in [2.75, 3.05) is 0 Å². The largest absolute Gasteiger partial charge is 0.454 e. The molecule has 3 rings (SSSR count). The van der Waals surface area contributed by atoms with E-state index in [0.29, 0.717) is 0 Å². The molecule has 3 aliphatic rings. The maximum Gasteiger partial charge on any atom is 0.330 e. The minimum atomic E-state index is -0.561. The predicted molar refractivity (Wildman–Crippen MR) is 74.2 cm³/mol. The second-order valence-electron chi connectivity index (χ2n) is 5.61. The molecule has 5 nitrogen and oxygen atoms in total. The van der Waals surface area contributed by atoms with E-state index >= 15 is 0 Å². The SMILES string of the molecule is CC(=O)O[C@@H]1C=CC(=O)O[C@@H]1[C@H]1[C@@H](C)[C@@H]2C=CC=C[C@H]1O2. The van der Waals surface area contributed by atoms with Gasteiger partial charge in [0.2, 0.25) is 0 Å². The minimum absolute atomic E-state index is 0.0161. The highest BCUT2D eigenvalue weighted by atomic mass is 16.6. The highest BCUT2D eigenvalue weighted by Gasteiger charge is 2.49. The van der Waals surface area contributed by atoms with E-state index in [2.05, 4.69) is 6.92 Å². The number of rotatable bonds is 2. The summed E-state index contributed by atoms with van der Waals surface area (Å²) < 4.78 is 16.7. The molecule has 0 saturated carbocycles. The molecule has 0 amide bonds. The fraction of sp³-hybridized carbons (Fsp3) is 0.500. The molecular formula is C16H18O5. The molecule has 0 radical (unpaired) electrons. The summed E-state index contributed by atoms with van der Waals surface area (Å²) in [5.41, 5.74) is 0. The zero-order valence-electron chi connectivity index (χ0n) is 12.0. The third kappa shape index (κ3) is 2.65. The van der Waals surface area contributed by atoms with Crippen LogP contribution in [0.5, 0.6) is 0 Å². The fourth-order valence-corrected chi connectivity index (χ4v) is 3.26. The maximum atomic E-state index is 11.6. The molecule has 0 aromatic carbocycles. The molecule has 5 heteroatoms. The number of fused-ring (bicyclic) bond motifs is 2. The van der Waals surface area contributed by atoms with E-state index < -0.39 is 24.1 Å². The zero-order valence-corrected chi connectivity index (χ0v) is 12.0. The molecule has 3 aliphatic heterocycles. The highest BCUT2D eigenvalue weighted by Crippen LogP contribution is 2.40. The minimum Gasteiger partial charge on any atom is -0.454 e. The lowest BCUT2D eigenvalue weighted by Gasteiger charge is -2.34. The summed E-state index contributed by atoms with van der Waals surface area (Å²) in [5.74, 6) is -0.683. The van der Waals surface area contributed by atoms with Crippen molar-refractivity contribution in [2.24, 2.45) is 11.8 Å². The van der Waals surface area contributed by atoms with Crippen LogP contribution >= 0.6 is 0 Å². The summed E-state index contributed by atoms with van der Waals surface area (Å²) in [6.07, 6.45) is 9.52. The molecule has 6 atom stereocenters. The highest BCUT2D eigenvalue weighted by molar-refractivity contribution is 5.83. The first-order chi connectivity index (χ1) is 10.1. The third-order valence-electron chi connectivity index (χ3n) is 4.21. The van der Waals surface area contributed by atoms with Gasteiger partial charge < -0.3 is 14.2 Å². The normalized spacial score (nSPS) is 40.8. The van der Waals surface area contributed by atoms with E-state index in [-0.39, 0.29) is 24.0 Å². The first kappa shape index (κ1) is 14.1. The summed E-state index contributed by atoms with van der Waals surface area (Å²) >= 11 is 0. The number of cyclic esters (lactones) is 1. The lowest BCUT2D eigenvalue weighted by atomic mass is 9.80. The molecule has 0 spiro atoms. The molecule has 3 heterocycles. The van der Waals surface area contributed by atoms with E-state index in [9.17, 15) is 9.59 Å². The first-order valence-corrected chi connectivity index (χ1v) is 7.13. The summed E-state index contributed by atoms with van der Waals surface area (Å²) in [6, 6.07) is 0. The molecular weight excluding hydrogens is 272 g/mol. The topological polar surface area (TPSA) is 61.8 Å². The molecule has 0 unspecified atom stereocenters. The molecule has 0 aromatic rings. The van der Waals surface area contributed by atoms with Crippen LogP contribution in [-0.2, 0) is 23.8 Å². The van der Waals surface area contributed by atoms with Crippen molar-refractivity contribution in [3.8, 4) is 0 Å². The van der Waals surface area contributed by atoms with E-state index in [1.165, 1.54) is 13.0 Å². The standard InChI is InChI=1S/C16H18O5/c1-9-11-5-3-4-6-12(20-11)15(9)16-13(19-10(2)17)7-8-14(18)21-16/h3-9,11-13,15-16H,1-2H3/t9-,11-,12+,13+,15-,16-/m0/s1. The van der Waals surface area contributed by atoms with Crippen molar-refractivity contribution in [1.29, 1.82) is 0 Å². The predicted octanol–water partition coefficient (Wildman–Crippen LogP) is 1.55. The summed E-state index contributed by atoms with van der Waals surface area (Å²) in [6.45, 7) is 3.41. The van der Waals surface area contributed by atoms with Gasteiger partial charge in [-0.2, -0.15) is 0 Å². The van der Waals surface area contributed by atoms with Gasteiger partial charge in [0.1, 0.15) is 6.10 Å². The van der Waals surface area contributed by atoms with E-state index in [4.69, 9.17) is 14.2 Å². The van der Waals surface area contributed by atoms with Gasteiger partial charge in [-0.1, -0.05) is 31.2 Å². The van der Waals surface area contributed by atoms with Crippen LogP contribution in [0.3, 0.4) is 0 Å². The Balaban J connectivity index is 1.88. The van der Waals surface area contributed by atoms with E-state index in [1.54, 1.807) is 6.08 Å². The quantitative estimate of drug-likeness (QED) is 0.722. The second kappa shape index (κ2) is 5.48. The van der Waals surface area contributed by atoms with Gasteiger partial charge in [0.15, 0.2) is 6.10 Å². The van der Waals surface area contributed by atoms with Crippen molar-refractivity contribution >= 4 is 11.9 Å². The van der Waals surface area contributed by atoms with Crippen LogP contribution in [0.25, 0.3) is 0 Å². The van der Waals surface area contributed by atoms with Gasteiger partial charge in [-0.15, -0.1) is 0 Å². The molecule has 0 aliphatic carbocycles. The molecule has 21 heavy (non-hydrogen) atoms. The van der Waals surface area contributed by atoms with Gasteiger partial charge in [0, 0.05) is 18.9 Å². The molecule has 2 bridgehead atoms. The number of esters is 2. The Kier molecular flexibility index (Phi) is 3.68. The second-order valence-corrected chi connectivity index (χ2v) is 5.61. The Bertz CT molecular complexity index is 533. The van der Waals surface area contributed by atoms with Crippen molar-refractivity contribution in [3.05, 3.63) is 36.5 Å². The molecule has 0 N–H and O–H groups in total. The van der Waals surface area contributed by atoms with Crippen molar-refractivity contribution in [1.82, 2.24) is 0 Å². The summed E-state index contributed by atoms with van der Waals surface area (Å²) in [5, 5.41) is 0. The number of ether oxygens (including phenoxy) is 3. The lowest BCUT2D eigenvalue weighted by molar-refractivity contribution is -0.168. The number of carbonyl (C=O) groups excluding carboxylic acids is 2. The Hall–Kier alpha value is -1.88. The zero-order chi connectivity index (χ0) is 15.0. The van der Waals surface area contributed by atoms with Gasteiger partial charge >= 0.3 is 11.9 Å². The fourth-order valence-electron chi connectivity index (χ4n) is 3.26. The Morgan fingerprint density at radius 1 is 1.19 bits per heavy atom. The van der Waals surface area contributed by atoms with Gasteiger partial charge in [0.05, 0.1) is 12.2 Å². The average molecular weight is 290 g/mol. The van der Waals surface area contributed by atoms with Crippen LogP contribution in [0.2, 0.25) is 0 Å². The maximum absolute atomic E-state index is 11.6. The average Bonchev–Trinajstić information content (AvgIpc) is 2.61. The molecule has 1 saturated heterocycles. The van der Waals surface area contributed by atoms with E-state index in [0.717, 1.165) is 0 Å². The Morgan fingerprint density at radius 3 is 2.62 bits per heavy atom. The lowest BCUT2D eigenvalue weighted by Crippen LogP contribution is -2.46. The molecule has 112 valence electrons. The van der Waals surface area contributed by atoms with Crippen LogP contribution < -0.4 is 0 Å². The van der Waals surface area contributed by atoms with Gasteiger partial charge in [-0.3, -0.25) is 4.79 Å². The summed E-state index contributed by atoms with van der Waals surface area (Å²) in [7, 11) is 0. The van der Waals surface area contributed by atoms with E-state index in [1.807, 2.05) is 24.3 Å². The third-order valence-corrected chi connectivity index (χ3v) is 4.21. The first-order valence-electron chi connectivity index (χ1n) is 7.13. The smallest absolute Gasteiger partial charge is 0.330 e. The van der Waals surface area contributed by atoms with Gasteiger partial charge in [-0.25, -0.2) is 4.79 Å². The van der Waals surface area contributed by atoms with Crippen LogP contribution in [-0.4, -0.2) is 36.4 Å². The van der Waals surface area contributed by atoms with Crippen LogP contribution in [0.4, 0.5) is 0 Å². The van der Waals surface area contributed by atoms with Crippen LogP contribution in [0.1, 0.15) is 13.8 Å². The van der Waals surface area contributed by atoms with Crippen LogP contribution in [0, 0.1) is 11.8 Å². The Morgan fingerprint density at radius 2 is 1.90 bits per heavy atom. The summed E-state index contributed by atoms with van der Waals surface area (Å²) in [4.78, 5) is 22.9. The number of allylic oxidation sites excluding steroid dienone is 2. The Labute approximate surface area is 123 Å². The number of hydrogen-bond donors (Lipinski definition) is 0. The molecule has 1 fully saturated rings. The van der Waals surface area contributed by atoms with Gasteiger partial charge in [0.25, 0.3) is 0 Å².